The Morgan fingerprint density at radius 2 is 1.36 bits per heavy atom. The first-order valence-electron chi connectivity index (χ1n) is 18.7. The maximum Gasteiger partial charge on any atom is 0.408 e. The van der Waals surface area contributed by atoms with Crippen molar-refractivity contribution in [1.82, 2.24) is 20.9 Å². The van der Waals surface area contributed by atoms with Crippen molar-refractivity contribution in [1.29, 1.82) is 0 Å². The van der Waals surface area contributed by atoms with Gasteiger partial charge in [-0.2, -0.15) is 0 Å². The molecule has 0 aromatic heterocycles. The summed E-state index contributed by atoms with van der Waals surface area (Å²) in [6, 6.07) is 22.9. The van der Waals surface area contributed by atoms with Crippen molar-refractivity contribution >= 4 is 35.8 Å². The SMILES string of the molecule is C[C@@H](NC(=O)[C@H](CCCCOC(=O)c1ccccc1)NC(=O)OC(C)(C)C)C(=O)N[C@@H](Cc1ccccc1)C(=O)N1CCCC1C(=O)OCc1ccccc1. The van der Waals surface area contributed by atoms with Crippen LogP contribution in [-0.4, -0.2) is 83.6 Å². The van der Waals surface area contributed by atoms with Crippen LogP contribution in [0.25, 0.3) is 0 Å². The molecule has 294 valence electrons. The number of hydrogen-bond donors (Lipinski definition) is 3. The number of carbonyl (C=O) groups is 6. The van der Waals surface area contributed by atoms with Gasteiger partial charge >= 0.3 is 18.0 Å². The van der Waals surface area contributed by atoms with Crippen molar-refractivity contribution in [3.8, 4) is 0 Å². The van der Waals surface area contributed by atoms with Gasteiger partial charge in [0.2, 0.25) is 17.7 Å². The van der Waals surface area contributed by atoms with E-state index in [4.69, 9.17) is 14.2 Å². The van der Waals surface area contributed by atoms with Crippen LogP contribution in [-0.2, 0) is 46.4 Å². The molecule has 0 radical (unpaired) electrons. The van der Waals surface area contributed by atoms with E-state index in [1.807, 2.05) is 60.7 Å². The van der Waals surface area contributed by atoms with Crippen molar-refractivity contribution < 1.29 is 43.0 Å². The number of amides is 4. The summed E-state index contributed by atoms with van der Waals surface area (Å²) >= 11 is 0. The molecule has 1 heterocycles. The molecule has 0 spiro atoms. The lowest BCUT2D eigenvalue weighted by Gasteiger charge is -2.29. The van der Waals surface area contributed by atoms with Gasteiger partial charge in [-0.25, -0.2) is 14.4 Å². The predicted octanol–water partition coefficient (Wildman–Crippen LogP) is 4.87. The third-order valence-electron chi connectivity index (χ3n) is 8.82. The maximum atomic E-state index is 14.1. The number of alkyl carbamates (subject to hydrolysis) is 1. The molecular formula is C42H52N4O9. The number of nitrogens with one attached hydrogen (secondary N) is 3. The molecule has 1 unspecified atom stereocenters. The van der Waals surface area contributed by atoms with Gasteiger partial charge in [0.1, 0.15) is 36.4 Å². The molecule has 3 aromatic carbocycles. The second-order valence-electron chi connectivity index (χ2n) is 14.5. The number of unbranched alkanes of at least 4 members (excludes halogenated alkanes) is 1. The van der Waals surface area contributed by atoms with Crippen LogP contribution in [0.5, 0.6) is 0 Å². The van der Waals surface area contributed by atoms with E-state index >= 15 is 0 Å². The van der Waals surface area contributed by atoms with E-state index in [2.05, 4.69) is 16.0 Å². The summed E-state index contributed by atoms with van der Waals surface area (Å²) in [5.41, 5.74) is 1.21. The van der Waals surface area contributed by atoms with Crippen molar-refractivity contribution in [2.75, 3.05) is 13.2 Å². The molecule has 4 rings (SSSR count). The van der Waals surface area contributed by atoms with Crippen LogP contribution < -0.4 is 16.0 Å². The largest absolute Gasteiger partial charge is 0.462 e. The van der Waals surface area contributed by atoms with Crippen LogP contribution in [0.15, 0.2) is 91.0 Å². The standard InChI is InChI=1S/C42H52N4O9/c1-29(43-37(48)33(45-41(52)55-42(2,3)4)23-14-15-26-53-39(50)32-21-12-7-13-22-32)36(47)44-34(27-30-17-8-5-9-18-30)38(49)46-25-16-24-35(46)40(51)54-28-31-19-10-6-11-20-31/h5-13,17-22,29,33-35H,14-16,23-28H2,1-4H3,(H,43,48)(H,44,47)(H,45,52)/t29-,33+,34+,35?/m1/s1. The molecule has 13 nitrogen and oxygen atoms in total. The Morgan fingerprint density at radius 3 is 2.00 bits per heavy atom. The number of nitrogens with zero attached hydrogens (tertiary/aromatic N) is 1. The molecule has 1 saturated heterocycles. The van der Waals surface area contributed by atoms with Crippen LogP contribution >= 0.6 is 0 Å². The van der Waals surface area contributed by atoms with E-state index in [9.17, 15) is 28.8 Å². The van der Waals surface area contributed by atoms with Crippen LogP contribution in [0.1, 0.15) is 81.3 Å². The van der Waals surface area contributed by atoms with E-state index in [0.717, 1.165) is 11.1 Å². The topological polar surface area (TPSA) is 169 Å². The van der Waals surface area contributed by atoms with Crippen LogP contribution in [0.2, 0.25) is 0 Å². The smallest absolute Gasteiger partial charge is 0.408 e. The van der Waals surface area contributed by atoms with E-state index in [1.165, 1.54) is 11.8 Å². The van der Waals surface area contributed by atoms with Gasteiger partial charge in [0.05, 0.1) is 12.2 Å². The summed E-state index contributed by atoms with van der Waals surface area (Å²) in [6.07, 6.45) is 1.33. The van der Waals surface area contributed by atoms with Crippen molar-refractivity contribution in [2.24, 2.45) is 0 Å². The number of esters is 2. The molecule has 1 fully saturated rings. The minimum Gasteiger partial charge on any atom is -0.462 e. The summed E-state index contributed by atoms with van der Waals surface area (Å²) in [6.45, 7) is 7.06. The minimum absolute atomic E-state index is 0.0745. The van der Waals surface area contributed by atoms with Crippen LogP contribution in [0.3, 0.4) is 0 Å². The van der Waals surface area contributed by atoms with Crippen LogP contribution in [0, 0.1) is 0 Å². The Morgan fingerprint density at radius 1 is 0.745 bits per heavy atom. The van der Waals surface area contributed by atoms with Gasteiger partial charge in [0, 0.05) is 13.0 Å². The molecule has 4 atom stereocenters. The van der Waals surface area contributed by atoms with Gasteiger partial charge in [-0.15, -0.1) is 0 Å². The molecule has 0 aliphatic carbocycles. The number of hydrogen-bond acceptors (Lipinski definition) is 9. The fourth-order valence-electron chi connectivity index (χ4n) is 6.02. The second-order valence-corrected chi connectivity index (χ2v) is 14.5. The minimum atomic E-state index is -1.11. The van der Waals surface area contributed by atoms with Crippen LogP contribution in [0.4, 0.5) is 4.79 Å². The average molecular weight is 757 g/mol. The average Bonchev–Trinajstić information content (AvgIpc) is 3.66. The first-order chi connectivity index (χ1) is 26.3. The van der Waals surface area contributed by atoms with Crippen molar-refractivity contribution in [2.45, 2.75) is 103 Å². The van der Waals surface area contributed by atoms with Gasteiger partial charge in [-0.1, -0.05) is 78.9 Å². The molecule has 55 heavy (non-hydrogen) atoms. The molecule has 1 aliphatic rings. The zero-order chi connectivity index (χ0) is 39.8. The number of ether oxygens (including phenoxy) is 3. The number of benzene rings is 3. The summed E-state index contributed by atoms with van der Waals surface area (Å²) in [7, 11) is 0. The summed E-state index contributed by atoms with van der Waals surface area (Å²) < 4.78 is 16.3. The first-order valence-corrected chi connectivity index (χ1v) is 18.7. The summed E-state index contributed by atoms with van der Waals surface area (Å²) in [5.74, 6) is -2.69. The third-order valence-corrected chi connectivity index (χ3v) is 8.82. The van der Waals surface area contributed by atoms with E-state index in [-0.39, 0.29) is 26.1 Å². The highest BCUT2D eigenvalue weighted by molar-refractivity contribution is 5.95. The molecule has 3 N–H and O–H groups in total. The fraction of sp³-hybridized carbons (Fsp3) is 0.429. The number of likely N-dealkylation sites (tertiary alicyclic amines) is 1. The third kappa shape index (κ3) is 13.9. The van der Waals surface area contributed by atoms with Gasteiger partial charge in [-0.3, -0.25) is 14.4 Å². The molecule has 0 bridgehead atoms. The summed E-state index contributed by atoms with van der Waals surface area (Å²) in [4.78, 5) is 80.9. The van der Waals surface area contributed by atoms with E-state index in [1.54, 1.807) is 51.1 Å². The Labute approximate surface area is 322 Å². The lowest BCUT2D eigenvalue weighted by atomic mass is 10.0. The zero-order valence-electron chi connectivity index (χ0n) is 32.0. The zero-order valence-corrected chi connectivity index (χ0v) is 32.0. The first kappa shape index (κ1) is 42.0. The molecular weight excluding hydrogens is 704 g/mol. The highest BCUT2D eigenvalue weighted by atomic mass is 16.6. The predicted molar refractivity (Wildman–Crippen MR) is 204 cm³/mol. The Hall–Kier alpha value is -5.72. The lowest BCUT2D eigenvalue weighted by molar-refractivity contribution is -0.155. The Kier molecular flexibility index (Phi) is 15.8. The Bertz CT molecular complexity index is 1730. The van der Waals surface area contributed by atoms with E-state index in [0.29, 0.717) is 37.8 Å². The molecule has 3 aromatic rings. The molecule has 0 saturated carbocycles. The molecule has 13 heteroatoms. The fourth-order valence-corrected chi connectivity index (χ4v) is 6.02. The van der Waals surface area contributed by atoms with Crippen molar-refractivity contribution in [3.05, 3.63) is 108 Å². The molecule has 1 aliphatic heterocycles. The number of carbonyl (C=O) groups excluding carboxylic acids is 6. The van der Waals surface area contributed by atoms with E-state index < -0.39 is 65.5 Å². The van der Waals surface area contributed by atoms with Gasteiger partial charge < -0.3 is 35.1 Å². The summed E-state index contributed by atoms with van der Waals surface area (Å²) in [5, 5.41) is 8.05. The van der Waals surface area contributed by atoms with Gasteiger partial charge in [0.25, 0.3) is 0 Å². The van der Waals surface area contributed by atoms with Gasteiger partial charge in [-0.05, 0) is 83.1 Å². The normalized spacial score (nSPS) is 15.5. The van der Waals surface area contributed by atoms with Gasteiger partial charge in [0.15, 0.2) is 0 Å². The quantitative estimate of drug-likeness (QED) is 0.0988. The maximum absolute atomic E-state index is 14.1. The Balaban J connectivity index is 1.39. The van der Waals surface area contributed by atoms with Crippen molar-refractivity contribution in [3.63, 3.8) is 0 Å². The lowest BCUT2D eigenvalue weighted by Crippen LogP contribution is -2.57. The number of rotatable bonds is 17. The highest BCUT2D eigenvalue weighted by Gasteiger charge is 2.39. The second kappa shape index (κ2) is 20.7. The monoisotopic (exact) mass is 756 g/mol. The molecule has 4 amide bonds. The highest BCUT2D eigenvalue weighted by Crippen LogP contribution is 2.22.